The summed E-state index contributed by atoms with van der Waals surface area (Å²) in [6.45, 7) is 4.51. The van der Waals surface area contributed by atoms with Crippen LogP contribution in [0.4, 0.5) is 4.79 Å². The summed E-state index contributed by atoms with van der Waals surface area (Å²) in [5.74, 6) is -1.17. The number of nitrogens with one attached hydrogen (secondary N) is 2. The first kappa shape index (κ1) is 15.4. The van der Waals surface area contributed by atoms with Gasteiger partial charge in [-0.1, -0.05) is 6.92 Å². The van der Waals surface area contributed by atoms with Crippen molar-refractivity contribution in [2.45, 2.75) is 33.2 Å². The van der Waals surface area contributed by atoms with Crippen LogP contribution < -0.4 is 10.6 Å². The Labute approximate surface area is 116 Å². The van der Waals surface area contributed by atoms with Gasteiger partial charge in [-0.3, -0.25) is 4.79 Å². The molecule has 2 amide bonds. The number of aryl methyl sites for hydroxylation is 1. The molecule has 1 aromatic rings. The third kappa shape index (κ3) is 6.19. The number of thiazole rings is 1. The topological polar surface area (TPSA) is 91.3 Å². The predicted octanol–water partition coefficient (Wildman–Crippen LogP) is 1.75. The average Bonchev–Trinajstić information content (AvgIpc) is 2.77. The van der Waals surface area contributed by atoms with E-state index < -0.39 is 5.97 Å². The van der Waals surface area contributed by atoms with Crippen LogP contribution in [0.2, 0.25) is 0 Å². The van der Waals surface area contributed by atoms with Gasteiger partial charge in [0.05, 0.1) is 12.5 Å². The Balaban J connectivity index is 2.10. The predicted molar refractivity (Wildman–Crippen MR) is 73.1 cm³/mol. The molecule has 1 rings (SSSR count). The molecule has 19 heavy (non-hydrogen) atoms. The molecule has 0 saturated heterocycles. The quantitative estimate of drug-likeness (QED) is 0.666. The summed E-state index contributed by atoms with van der Waals surface area (Å²) in [6.07, 6.45) is 2.98. The number of urea groups is 1. The molecule has 0 aliphatic rings. The number of carbonyl (C=O) groups excluding carboxylic acids is 1. The van der Waals surface area contributed by atoms with Crippen molar-refractivity contribution < 1.29 is 14.7 Å². The van der Waals surface area contributed by atoms with Gasteiger partial charge in [-0.2, -0.15) is 0 Å². The van der Waals surface area contributed by atoms with Crippen LogP contribution in [-0.2, 0) is 11.3 Å². The van der Waals surface area contributed by atoms with Crippen molar-refractivity contribution in [3.63, 3.8) is 0 Å². The van der Waals surface area contributed by atoms with E-state index in [0.717, 1.165) is 9.88 Å². The molecule has 0 radical (unpaired) electrons. The molecule has 3 N–H and O–H groups in total. The Morgan fingerprint density at radius 1 is 1.47 bits per heavy atom. The second-order valence-electron chi connectivity index (χ2n) is 4.36. The molecule has 0 aromatic carbocycles. The zero-order valence-corrected chi connectivity index (χ0v) is 11.9. The van der Waals surface area contributed by atoms with Gasteiger partial charge in [0.1, 0.15) is 5.01 Å². The molecular formula is C12H19N3O3S. The normalized spacial score (nSPS) is 11.9. The number of hydrogen-bond donors (Lipinski definition) is 3. The summed E-state index contributed by atoms with van der Waals surface area (Å²) in [7, 11) is 0. The van der Waals surface area contributed by atoms with Crippen molar-refractivity contribution in [3.8, 4) is 0 Å². The lowest BCUT2D eigenvalue weighted by Crippen LogP contribution is -2.35. The first-order valence-corrected chi connectivity index (χ1v) is 6.96. The van der Waals surface area contributed by atoms with Gasteiger partial charge in [0.25, 0.3) is 0 Å². The van der Waals surface area contributed by atoms with Crippen LogP contribution in [0.15, 0.2) is 6.20 Å². The molecule has 6 nitrogen and oxygen atoms in total. The highest BCUT2D eigenvalue weighted by molar-refractivity contribution is 7.11. The van der Waals surface area contributed by atoms with Crippen molar-refractivity contribution in [3.05, 3.63) is 16.1 Å². The largest absolute Gasteiger partial charge is 0.481 e. The molecule has 0 fully saturated rings. The van der Waals surface area contributed by atoms with Crippen molar-refractivity contribution in [2.75, 3.05) is 6.54 Å². The number of aliphatic carboxylic acids is 1. The van der Waals surface area contributed by atoms with Crippen LogP contribution in [-0.4, -0.2) is 28.6 Å². The lowest BCUT2D eigenvalue weighted by molar-refractivity contribution is -0.141. The van der Waals surface area contributed by atoms with Crippen LogP contribution in [0.3, 0.4) is 0 Å². The highest BCUT2D eigenvalue weighted by atomic mass is 32.1. The van der Waals surface area contributed by atoms with Gasteiger partial charge < -0.3 is 15.7 Å². The SMILES string of the molecule is Cc1cnc(CNC(=O)NCCCC(C)C(=O)O)s1. The van der Waals surface area contributed by atoms with Crippen molar-refractivity contribution in [1.82, 2.24) is 15.6 Å². The number of nitrogens with zero attached hydrogens (tertiary/aromatic N) is 1. The summed E-state index contributed by atoms with van der Waals surface area (Å²) in [5, 5.41) is 15.0. The summed E-state index contributed by atoms with van der Waals surface area (Å²) >= 11 is 1.55. The van der Waals surface area contributed by atoms with Gasteiger partial charge in [-0.15, -0.1) is 11.3 Å². The van der Waals surface area contributed by atoms with E-state index in [9.17, 15) is 9.59 Å². The Morgan fingerprint density at radius 3 is 2.79 bits per heavy atom. The zero-order valence-electron chi connectivity index (χ0n) is 11.1. The highest BCUT2D eigenvalue weighted by Crippen LogP contribution is 2.10. The van der Waals surface area contributed by atoms with E-state index in [-0.39, 0.29) is 11.9 Å². The molecule has 1 aromatic heterocycles. The van der Waals surface area contributed by atoms with E-state index in [2.05, 4.69) is 15.6 Å². The number of carboxylic acids is 1. The third-order valence-electron chi connectivity index (χ3n) is 2.59. The standard InChI is InChI=1S/C12H19N3O3S/c1-8(11(16)17)4-3-5-13-12(18)15-7-10-14-6-9(2)19-10/h6,8H,3-5,7H2,1-2H3,(H,16,17)(H2,13,15,18). The number of carbonyl (C=O) groups is 2. The second kappa shape index (κ2) is 7.73. The van der Waals surface area contributed by atoms with Crippen molar-refractivity contribution >= 4 is 23.3 Å². The maximum absolute atomic E-state index is 11.4. The van der Waals surface area contributed by atoms with E-state index >= 15 is 0 Å². The number of amides is 2. The van der Waals surface area contributed by atoms with Crippen molar-refractivity contribution in [1.29, 1.82) is 0 Å². The molecule has 1 unspecified atom stereocenters. The minimum atomic E-state index is -0.802. The van der Waals surface area contributed by atoms with E-state index in [1.165, 1.54) is 0 Å². The molecule has 0 bridgehead atoms. The first-order valence-electron chi connectivity index (χ1n) is 6.15. The van der Waals surface area contributed by atoms with Crippen LogP contribution in [0.1, 0.15) is 29.7 Å². The number of rotatable bonds is 7. The lowest BCUT2D eigenvalue weighted by atomic mass is 10.1. The van der Waals surface area contributed by atoms with Crippen LogP contribution >= 0.6 is 11.3 Å². The molecule has 0 saturated carbocycles. The molecule has 1 heterocycles. The molecule has 1 atom stereocenters. The van der Waals surface area contributed by atoms with Crippen LogP contribution in [0.25, 0.3) is 0 Å². The molecule has 0 aliphatic heterocycles. The molecule has 106 valence electrons. The maximum Gasteiger partial charge on any atom is 0.315 e. The lowest BCUT2D eigenvalue weighted by Gasteiger charge is -2.08. The molecular weight excluding hydrogens is 266 g/mol. The second-order valence-corrected chi connectivity index (χ2v) is 5.67. The Kier molecular flexibility index (Phi) is 6.27. The van der Waals surface area contributed by atoms with E-state index in [1.54, 1.807) is 24.5 Å². The number of hydrogen-bond acceptors (Lipinski definition) is 4. The van der Waals surface area contributed by atoms with E-state index in [4.69, 9.17) is 5.11 Å². The number of carboxylic acid groups (broad SMARTS) is 1. The van der Waals surface area contributed by atoms with Crippen molar-refractivity contribution in [2.24, 2.45) is 5.92 Å². The Morgan fingerprint density at radius 2 is 2.21 bits per heavy atom. The third-order valence-corrected chi connectivity index (χ3v) is 3.50. The van der Waals surface area contributed by atoms with Crippen LogP contribution in [0.5, 0.6) is 0 Å². The average molecular weight is 285 g/mol. The van der Waals surface area contributed by atoms with Gasteiger partial charge >= 0.3 is 12.0 Å². The van der Waals surface area contributed by atoms with Gasteiger partial charge in [-0.25, -0.2) is 9.78 Å². The van der Waals surface area contributed by atoms with E-state index in [0.29, 0.717) is 25.9 Å². The highest BCUT2D eigenvalue weighted by Gasteiger charge is 2.10. The Bertz CT molecular complexity index is 434. The molecule has 0 spiro atoms. The maximum atomic E-state index is 11.4. The minimum absolute atomic E-state index is 0.254. The molecule has 0 aliphatic carbocycles. The monoisotopic (exact) mass is 285 g/mol. The van der Waals surface area contributed by atoms with Crippen LogP contribution in [0, 0.1) is 12.8 Å². The fourth-order valence-corrected chi connectivity index (χ4v) is 2.16. The first-order chi connectivity index (χ1) is 8.99. The zero-order chi connectivity index (χ0) is 14.3. The smallest absolute Gasteiger partial charge is 0.315 e. The summed E-state index contributed by atoms with van der Waals surface area (Å²) in [5.41, 5.74) is 0. The van der Waals surface area contributed by atoms with Gasteiger partial charge in [0, 0.05) is 17.6 Å². The summed E-state index contributed by atoms with van der Waals surface area (Å²) in [6, 6.07) is -0.254. The van der Waals surface area contributed by atoms with Gasteiger partial charge in [0.2, 0.25) is 0 Å². The summed E-state index contributed by atoms with van der Waals surface area (Å²) < 4.78 is 0. The molecule has 7 heteroatoms. The summed E-state index contributed by atoms with van der Waals surface area (Å²) in [4.78, 5) is 27.3. The van der Waals surface area contributed by atoms with Gasteiger partial charge in [-0.05, 0) is 19.8 Å². The van der Waals surface area contributed by atoms with Gasteiger partial charge in [0.15, 0.2) is 0 Å². The fraction of sp³-hybridized carbons (Fsp3) is 0.583. The number of aromatic nitrogens is 1. The fourth-order valence-electron chi connectivity index (χ4n) is 1.44. The Hall–Kier alpha value is -1.63. The van der Waals surface area contributed by atoms with E-state index in [1.807, 2.05) is 6.92 Å². The minimum Gasteiger partial charge on any atom is -0.481 e.